The van der Waals surface area contributed by atoms with Gasteiger partial charge in [-0.3, -0.25) is 10.3 Å². The molecule has 0 unspecified atom stereocenters. The van der Waals surface area contributed by atoms with Gasteiger partial charge in [0, 0.05) is 45.0 Å². The lowest BCUT2D eigenvalue weighted by molar-refractivity contribution is -0.656. The van der Waals surface area contributed by atoms with Crippen LogP contribution in [0.25, 0.3) is 0 Å². The zero-order valence-electron chi connectivity index (χ0n) is 15.2. The molecule has 7 N–H and O–H groups in total. The summed E-state index contributed by atoms with van der Waals surface area (Å²) in [6.45, 7) is 4.87. The van der Waals surface area contributed by atoms with Gasteiger partial charge in [0.05, 0.1) is 32.2 Å². The van der Waals surface area contributed by atoms with E-state index in [0.717, 1.165) is 43.5 Å². The van der Waals surface area contributed by atoms with E-state index in [0.29, 0.717) is 13.1 Å². The summed E-state index contributed by atoms with van der Waals surface area (Å²) in [6, 6.07) is 8.20. The van der Waals surface area contributed by atoms with Gasteiger partial charge in [0.15, 0.2) is 0 Å². The van der Waals surface area contributed by atoms with Crippen LogP contribution < -0.4 is 32.2 Å². The Kier molecular flexibility index (Phi) is 7.52. The first-order valence-corrected chi connectivity index (χ1v) is 8.63. The summed E-state index contributed by atoms with van der Waals surface area (Å²) < 4.78 is 4.02. The summed E-state index contributed by atoms with van der Waals surface area (Å²) in [4.78, 5) is 2.27. The molecule has 1 aromatic carbocycles. The molecule has 8 heteroatoms. The van der Waals surface area contributed by atoms with E-state index in [1.54, 1.807) is 0 Å². The molecule has 138 valence electrons. The van der Waals surface area contributed by atoms with Crippen LogP contribution in [0.3, 0.4) is 0 Å². The SMILES string of the molecule is Cn1cc[n+](C)c1NNc1ccc(NCCN(CCN)CCN)cc1. The third kappa shape index (κ3) is 5.93. The number of aryl methyl sites for hydroxylation is 2. The summed E-state index contributed by atoms with van der Waals surface area (Å²) in [6.07, 6.45) is 3.99. The topological polar surface area (TPSA) is 100 Å². The predicted molar refractivity (Wildman–Crippen MR) is 103 cm³/mol. The number of hydrogen-bond donors (Lipinski definition) is 5. The Balaban J connectivity index is 1.77. The highest BCUT2D eigenvalue weighted by Gasteiger charge is 2.09. The predicted octanol–water partition coefficient (Wildman–Crippen LogP) is -0.0801. The molecule has 25 heavy (non-hydrogen) atoms. The number of benzene rings is 1. The van der Waals surface area contributed by atoms with E-state index >= 15 is 0 Å². The molecule has 0 aliphatic rings. The van der Waals surface area contributed by atoms with Gasteiger partial charge in [-0.05, 0) is 24.3 Å². The van der Waals surface area contributed by atoms with Crippen LogP contribution in [0.2, 0.25) is 0 Å². The van der Waals surface area contributed by atoms with Crippen molar-refractivity contribution in [2.45, 2.75) is 0 Å². The molecule has 0 aliphatic carbocycles. The molecule has 0 fully saturated rings. The van der Waals surface area contributed by atoms with Gasteiger partial charge in [-0.1, -0.05) is 0 Å². The summed E-state index contributed by atoms with van der Waals surface area (Å²) >= 11 is 0. The van der Waals surface area contributed by atoms with E-state index in [9.17, 15) is 0 Å². The van der Waals surface area contributed by atoms with Crippen molar-refractivity contribution >= 4 is 17.3 Å². The van der Waals surface area contributed by atoms with Crippen LogP contribution in [0.1, 0.15) is 0 Å². The minimum Gasteiger partial charge on any atom is -0.384 e. The van der Waals surface area contributed by atoms with Crippen molar-refractivity contribution in [3.05, 3.63) is 36.7 Å². The molecule has 0 aliphatic heterocycles. The second-order valence-electron chi connectivity index (χ2n) is 6.02. The highest BCUT2D eigenvalue weighted by molar-refractivity contribution is 5.55. The lowest BCUT2D eigenvalue weighted by Gasteiger charge is -2.21. The van der Waals surface area contributed by atoms with Crippen molar-refractivity contribution in [3.63, 3.8) is 0 Å². The third-order valence-corrected chi connectivity index (χ3v) is 4.03. The fourth-order valence-electron chi connectivity index (χ4n) is 2.62. The Morgan fingerprint density at radius 1 is 1.00 bits per heavy atom. The number of hydrogen-bond acceptors (Lipinski definition) is 6. The van der Waals surface area contributed by atoms with Crippen molar-refractivity contribution in [1.29, 1.82) is 0 Å². The molecule has 1 heterocycles. The molecule has 0 atom stereocenters. The Hall–Kier alpha value is -2.29. The molecule has 0 bridgehead atoms. The Labute approximate surface area is 149 Å². The minimum absolute atomic E-state index is 0.659. The van der Waals surface area contributed by atoms with E-state index < -0.39 is 0 Å². The fraction of sp³-hybridized carbons (Fsp3) is 0.471. The van der Waals surface area contributed by atoms with Crippen molar-refractivity contribution in [2.24, 2.45) is 25.6 Å². The van der Waals surface area contributed by atoms with Gasteiger partial charge in [0.2, 0.25) is 0 Å². The van der Waals surface area contributed by atoms with Crippen LogP contribution in [-0.4, -0.2) is 48.7 Å². The van der Waals surface area contributed by atoms with Crippen LogP contribution in [-0.2, 0) is 14.1 Å². The van der Waals surface area contributed by atoms with Gasteiger partial charge < -0.3 is 16.8 Å². The zero-order chi connectivity index (χ0) is 18.1. The largest absolute Gasteiger partial charge is 0.384 e. The van der Waals surface area contributed by atoms with Crippen LogP contribution in [0.5, 0.6) is 0 Å². The Morgan fingerprint density at radius 2 is 1.64 bits per heavy atom. The number of nitrogens with one attached hydrogen (secondary N) is 3. The highest BCUT2D eigenvalue weighted by Crippen LogP contribution is 2.13. The van der Waals surface area contributed by atoms with E-state index in [-0.39, 0.29) is 0 Å². The van der Waals surface area contributed by atoms with Crippen molar-refractivity contribution in [2.75, 3.05) is 55.4 Å². The normalized spacial score (nSPS) is 10.9. The zero-order valence-corrected chi connectivity index (χ0v) is 15.2. The molecule has 1 aromatic heterocycles. The van der Waals surface area contributed by atoms with Gasteiger partial charge >= 0.3 is 5.95 Å². The molecule has 2 rings (SSSR count). The first-order valence-electron chi connectivity index (χ1n) is 8.63. The second kappa shape index (κ2) is 9.87. The van der Waals surface area contributed by atoms with E-state index in [1.807, 2.05) is 47.8 Å². The summed E-state index contributed by atoms with van der Waals surface area (Å²) in [5.41, 5.74) is 19.8. The third-order valence-electron chi connectivity index (χ3n) is 4.03. The van der Waals surface area contributed by atoms with Crippen LogP contribution in [0.15, 0.2) is 36.7 Å². The standard InChI is InChI=1S/C17H30N8/c1-23-13-14-24(2)17(23)22-21-16-5-3-15(4-6-16)20-9-12-25(10-7-18)11-8-19/h3-6,13-14,20-21H,7-12,18-19H2,1-2H3/p+1. The first kappa shape index (κ1) is 19.0. The van der Waals surface area contributed by atoms with Crippen molar-refractivity contribution in [1.82, 2.24) is 9.47 Å². The maximum atomic E-state index is 5.62. The highest BCUT2D eigenvalue weighted by atomic mass is 15.4. The quantitative estimate of drug-likeness (QED) is 0.288. The average molecular weight is 347 g/mol. The van der Waals surface area contributed by atoms with Crippen LogP contribution >= 0.6 is 0 Å². The molecule has 8 nitrogen and oxygen atoms in total. The monoisotopic (exact) mass is 347 g/mol. The molecule has 0 saturated heterocycles. The lowest BCUT2D eigenvalue weighted by Crippen LogP contribution is -2.37. The summed E-state index contributed by atoms with van der Waals surface area (Å²) in [5, 5.41) is 3.43. The van der Waals surface area contributed by atoms with Gasteiger partial charge in [0.1, 0.15) is 0 Å². The number of imidazole rings is 1. The van der Waals surface area contributed by atoms with E-state index in [1.165, 1.54) is 0 Å². The molecular formula is C17H31N8+. The van der Waals surface area contributed by atoms with Crippen molar-refractivity contribution in [3.8, 4) is 0 Å². The summed E-state index contributed by atoms with van der Waals surface area (Å²) in [5.74, 6) is 0.974. The number of hydrazine groups is 1. The maximum Gasteiger partial charge on any atom is 0.378 e. The molecule has 2 aromatic rings. The van der Waals surface area contributed by atoms with E-state index in [4.69, 9.17) is 11.5 Å². The van der Waals surface area contributed by atoms with Crippen LogP contribution in [0, 0.1) is 0 Å². The van der Waals surface area contributed by atoms with Gasteiger partial charge in [-0.2, -0.15) is 5.43 Å². The number of nitrogens with zero attached hydrogens (tertiary/aromatic N) is 3. The smallest absolute Gasteiger partial charge is 0.378 e. The fourth-order valence-corrected chi connectivity index (χ4v) is 2.62. The number of nitrogens with two attached hydrogens (primary N) is 2. The number of aromatic nitrogens is 2. The molecule has 0 spiro atoms. The van der Waals surface area contributed by atoms with Gasteiger partial charge in [-0.15, -0.1) is 0 Å². The Bertz CT molecular complexity index is 597. The molecule has 0 radical (unpaired) electrons. The van der Waals surface area contributed by atoms with E-state index in [2.05, 4.69) is 33.2 Å². The average Bonchev–Trinajstić information content (AvgIpc) is 2.93. The van der Waals surface area contributed by atoms with Crippen LogP contribution in [0.4, 0.5) is 17.3 Å². The first-order chi connectivity index (χ1) is 12.1. The second-order valence-corrected chi connectivity index (χ2v) is 6.02. The number of anilines is 3. The minimum atomic E-state index is 0.659. The van der Waals surface area contributed by atoms with Gasteiger partial charge in [0.25, 0.3) is 0 Å². The van der Waals surface area contributed by atoms with Gasteiger partial charge in [-0.25, -0.2) is 9.13 Å². The summed E-state index contributed by atoms with van der Waals surface area (Å²) in [7, 11) is 3.99. The number of rotatable bonds is 11. The van der Waals surface area contributed by atoms with Crippen molar-refractivity contribution < 1.29 is 4.57 Å². The molecular weight excluding hydrogens is 316 g/mol. The molecule has 0 saturated carbocycles. The maximum absolute atomic E-state index is 5.62. The molecule has 0 amide bonds. The Morgan fingerprint density at radius 3 is 2.20 bits per heavy atom. The lowest BCUT2D eigenvalue weighted by atomic mass is 10.3.